The number of carbonyl (C=O) groups excluding carboxylic acids is 1. The first kappa shape index (κ1) is 15.8. The van der Waals surface area contributed by atoms with Gasteiger partial charge in [-0.05, 0) is 37.1 Å². The third-order valence-electron chi connectivity index (χ3n) is 5.14. The fraction of sp³-hybridized carbons (Fsp3) is 0.300. The maximum Gasteiger partial charge on any atom is 0.242 e. The number of rotatable bonds is 3. The molecule has 5 heteroatoms. The average molecular weight is 335 g/mol. The van der Waals surface area contributed by atoms with Crippen LogP contribution in [0.4, 0.5) is 0 Å². The van der Waals surface area contributed by atoms with Crippen LogP contribution in [0.5, 0.6) is 0 Å². The number of pyridine rings is 1. The van der Waals surface area contributed by atoms with E-state index in [0.29, 0.717) is 17.3 Å². The smallest absolute Gasteiger partial charge is 0.242 e. The Hall–Kier alpha value is -2.66. The maximum absolute atomic E-state index is 12.9. The van der Waals surface area contributed by atoms with Crippen LogP contribution in [-0.4, -0.2) is 34.5 Å². The first-order valence-electron chi connectivity index (χ1n) is 8.70. The van der Waals surface area contributed by atoms with Crippen molar-refractivity contribution in [3.63, 3.8) is 0 Å². The summed E-state index contributed by atoms with van der Waals surface area (Å²) in [6.45, 7) is 1.48. The van der Waals surface area contributed by atoms with Crippen molar-refractivity contribution in [1.82, 2.24) is 9.47 Å². The second kappa shape index (κ2) is 6.33. The summed E-state index contributed by atoms with van der Waals surface area (Å²) in [7, 11) is 0. The molecule has 0 spiro atoms. The van der Waals surface area contributed by atoms with Crippen LogP contribution >= 0.6 is 0 Å². The molecular formula is C20H21N3O2. The largest absolute Gasteiger partial charge is 0.337 e. The van der Waals surface area contributed by atoms with Crippen LogP contribution in [0.3, 0.4) is 0 Å². The second-order valence-electron chi connectivity index (χ2n) is 6.57. The molecule has 2 heterocycles. The Balaban J connectivity index is 1.86. The standard InChI is InChI=1S/C20H21N3O2/c21-12-14-6-5-11-22(14)19(24)13-23-17-9-3-1-7-15(17)20(25)16-8-2-4-10-18(16)23/h1-4,7-10,14H,5-6,11-13,21H2. The van der Waals surface area contributed by atoms with E-state index in [4.69, 9.17) is 5.73 Å². The Labute approximate surface area is 145 Å². The summed E-state index contributed by atoms with van der Waals surface area (Å²) in [5.41, 5.74) is 7.41. The van der Waals surface area contributed by atoms with E-state index >= 15 is 0 Å². The summed E-state index contributed by atoms with van der Waals surface area (Å²) < 4.78 is 1.96. The Morgan fingerprint density at radius 1 is 1.04 bits per heavy atom. The van der Waals surface area contributed by atoms with Crippen molar-refractivity contribution in [2.24, 2.45) is 5.73 Å². The molecule has 0 aliphatic carbocycles. The molecular weight excluding hydrogens is 314 g/mol. The highest BCUT2D eigenvalue weighted by Crippen LogP contribution is 2.21. The molecule has 1 unspecified atom stereocenters. The lowest BCUT2D eigenvalue weighted by atomic mass is 10.1. The molecule has 1 saturated heterocycles. The van der Waals surface area contributed by atoms with Crippen LogP contribution in [-0.2, 0) is 11.3 Å². The van der Waals surface area contributed by atoms with E-state index in [1.165, 1.54) is 0 Å². The minimum Gasteiger partial charge on any atom is -0.337 e. The van der Waals surface area contributed by atoms with Crippen LogP contribution in [0.2, 0.25) is 0 Å². The highest BCUT2D eigenvalue weighted by molar-refractivity contribution is 5.94. The molecule has 2 aromatic carbocycles. The Morgan fingerprint density at radius 3 is 2.24 bits per heavy atom. The molecule has 1 amide bonds. The fourth-order valence-electron chi connectivity index (χ4n) is 3.88. The molecule has 25 heavy (non-hydrogen) atoms. The topological polar surface area (TPSA) is 68.3 Å². The van der Waals surface area contributed by atoms with Crippen LogP contribution < -0.4 is 11.2 Å². The zero-order chi connectivity index (χ0) is 17.4. The quantitative estimate of drug-likeness (QED) is 0.745. The van der Waals surface area contributed by atoms with E-state index in [0.717, 1.165) is 30.4 Å². The summed E-state index contributed by atoms with van der Waals surface area (Å²) >= 11 is 0. The first-order chi connectivity index (χ1) is 12.2. The molecule has 4 rings (SSSR count). The number of likely N-dealkylation sites (tertiary alicyclic amines) is 1. The lowest BCUT2D eigenvalue weighted by Gasteiger charge is -2.25. The second-order valence-corrected chi connectivity index (χ2v) is 6.57. The van der Waals surface area contributed by atoms with Crippen molar-refractivity contribution in [3.05, 3.63) is 58.8 Å². The van der Waals surface area contributed by atoms with E-state index in [1.54, 1.807) is 0 Å². The van der Waals surface area contributed by atoms with Gasteiger partial charge in [-0.25, -0.2) is 0 Å². The molecule has 2 N–H and O–H groups in total. The molecule has 1 aromatic heterocycles. The Kier molecular flexibility index (Phi) is 4.01. The molecule has 0 bridgehead atoms. The third kappa shape index (κ3) is 2.61. The normalized spacial score (nSPS) is 17.5. The van der Waals surface area contributed by atoms with Crippen molar-refractivity contribution in [1.29, 1.82) is 0 Å². The number of carbonyl (C=O) groups is 1. The molecule has 3 aromatic rings. The van der Waals surface area contributed by atoms with E-state index in [1.807, 2.05) is 58.0 Å². The minimum atomic E-state index is 0.0101. The van der Waals surface area contributed by atoms with Gasteiger partial charge in [-0.2, -0.15) is 0 Å². The number of fused-ring (bicyclic) bond motifs is 2. The van der Waals surface area contributed by atoms with Crippen molar-refractivity contribution in [2.45, 2.75) is 25.4 Å². The van der Waals surface area contributed by atoms with Gasteiger partial charge in [0.1, 0.15) is 6.54 Å². The van der Waals surface area contributed by atoms with E-state index in [9.17, 15) is 9.59 Å². The SMILES string of the molecule is NCC1CCCN1C(=O)Cn1c2ccccc2c(=O)c2ccccc21. The highest BCUT2D eigenvalue weighted by atomic mass is 16.2. The number of benzene rings is 2. The lowest BCUT2D eigenvalue weighted by Crippen LogP contribution is -2.41. The summed E-state index contributed by atoms with van der Waals surface area (Å²) in [6.07, 6.45) is 1.97. The fourth-order valence-corrected chi connectivity index (χ4v) is 3.88. The van der Waals surface area contributed by atoms with Crippen LogP contribution in [0.1, 0.15) is 12.8 Å². The van der Waals surface area contributed by atoms with Gasteiger partial charge in [0.05, 0.1) is 11.0 Å². The summed E-state index contributed by atoms with van der Waals surface area (Å²) in [5.74, 6) is 0.0619. The van der Waals surface area contributed by atoms with Crippen LogP contribution in [0.25, 0.3) is 21.8 Å². The number of aromatic nitrogens is 1. The number of nitrogens with two attached hydrogens (primary N) is 1. The van der Waals surface area contributed by atoms with Gasteiger partial charge >= 0.3 is 0 Å². The predicted molar refractivity (Wildman–Crippen MR) is 99.5 cm³/mol. The van der Waals surface area contributed by atoms with E-state index in [2.05, 4.69) is 0 Å². The highest BCUT2D eigenvalue weighted by Gasteiger charge is 2.28. The van der Waals surface area contributed by atoms with Gasteiger partial charge in [0.15, 0.2) is 5.43 Å². The zero-order valence-electron chi connectivity index (χ0n) is 14.0. The van der Waals surface area contributed by atoms with Gasteiger partial charge in [-0.15, -0.1) is 0 Å². The molecule has 5 nitrogen and oxygen atoms in total. The van der Waals surface area contributed by atoms with Gasteiger partial charge in [0.2, 0.25) is 5.91 Å². The first-order valence-corrected chi connectivity index (χ1v) is 8.70. The molecule has 1 fully saturated rings. The van der Waals surface area contributed by atoms with Crippen molar-refractivity contribution < 1.29 is 4.79 Å². The predicted octanol–water partition coefficient (Wildman–Crippen LogP) is 2.10. The molecule has 128 valence electrons. The molecule has 1 aliphatic heterocycles. The number of para-hydroxylation sites is 2. The van der Waals surface area contributed by atoms with Crippen molar-refractivity contribution in [2.75, 3.05) is 13.1 Å². The summed E-state index contributed by atoms with van der Waals surface area (Å²) in [4.78, 5) is 27.6. The van der Waals surface area contributed by atoms with Gasteiger partial charge in [-0.1, -0.05) is 24.3 Å². The number of nitrogens with zero attached hydrogens (tertiary/aromatic N) is 2. The molecule has 0 saturated carbocycles. The third-order valence-corrected chi connectivity index (χ3v) is 5.14. The van der Waals surface area contributed by atoms with Gasteiger partial charge in [-0.3, -0.25) is 9.59 Å². The van der Waals surface area contributed by atoms with Gasteiger partial charge in [0, 0.05) is 29.9 Å². The molecule has 1 aliphatic rings. The Morgan fingerprint density at radius 2 is 1.64 bits per heavy atom. The maximum atomic E-state index is 12.9. The monoisotopic (exact) mass is 335 g/mol. The van der Waals surface area contributed by atoms with Crippen molar-refractivity contribution >= 4 is 27.7 Å². The molecule has 0 radical (unpaired) electrons. The van der Waals surface area contributed by atoms with Gasteiger partial charge in [0.25, 0.3) is 0 Å². The molecule has 1 atom stereocenters. The summed E-state index contributed by atoms with van der Waals surface area (Å²) in [5, 5.41) is 1.29. The number of hydrogen-bond donors (Lipinski definition) is 1. The van der Waals surface area contributed by atoms with Crippen LogP contribution in [0, 0.1) is 0 Å². The number of amides is 1. The number of hydrogen-bond acceptors (Lipinski definition) is 3. The zero-order valence-corrected chi connectivity index (χ0v) is 14.0. The lowest BCUT2D eigenvalue weighted by molar-refractivity contribution is -0.132. The Bertz CT molecular complexity index is 949. The van der Waals surface area contributed by atoms with Gasteiger partial charge < -0.3 is 15.2 Å². The van der Waals surface area contributed by atoms with Crippen molar-refractivity contribution in [3.8, 4) is 0 Å². The average Bonchev–Trinajstić information content (AvgIpc) is 3.14. The minimum absolute atomic E-state index is 0.0101. The van der Waals surface area contributed by atoms with E-state index < -0.39 is 0 Å². The van der Waals surface area contributed by atoms with Crippen LogP contribution in [0.15, 0.2) is 53.3 Å². The summed E-state index contributed by atoms with van der Waals surface area (Å²) in [6, 6.07) is 15.1. The van der Waals surface area contributed by atoms with E-state index in [-0.39, 0.29) is 23.9 Å².